The van der Waals surface area contributed by atoms with Crippen LogP contribution in [0.2, 0.25) is 0 Å². The van der Waals surface area contributed by atoms with Crippen molar-refractivity contribution in [3.05, 3.63) is 78.6 Å². The van der Waals surface area contributed by atoms with Gasteiger partial charge >= 0.3 is 0 Å². The lowest BCUT2D eigenvalue weighted by atomic mass is 10.1. The second-order valence-corrected chi connectivity index (χ2v) is 6.88. The van der Waals surface area contributed by atoms with Crippen LogP contribution in [0.1, 0.15) is 34.9 Å². The van der Waals surface area contributed by atoms with Gasteiger partial charge in [0, 0.05) is 38.2 Å². The molecule has 0 saturated carbocycles. The minimum absolute atomic E-state index is 0.132. The second-order valence-electron chi connectivity index (χ2n) is 6.88. The molecule has 1 amide bonds. The molecular weight excluding hydrogens is 324 g/mol. The molecule has 3 heterocycles. The van der Waals surface area contributed by atoms with Crippen molar-refractivity contribution in [2.24, 2.45) is 0 Å². The minimum atomic E-state index is 0.132. The molecule has 4 rings (SSSR count). The number of carbonyl (C=O) groups excluding carboxylic acids is 1. The van der Waals surface area contributed by atoms with Gasteiger partial charge in [0.15, 0.2) is 0 Å². The second kappa shape index (κ2) is 7.60. The van der Waals surface area contributed by atoms with Gasteiger partial charge in [-0.1, -0.05) is 30.3 Å². The van der Waals surface area contributed by atoms with Crippen LogP contribution in [-0.4, -0.2) is 38.0 Å². The Morgan fingerprint density at radius 2 is 2.00 bits per heavy atom. The highest BCUT2D eigenvalue weighted by molar-refractivity contribution is 5.92. The van der Waals surface area contributed by atoms with Crippen LogP contribution in [-0.2, 0) is 13.0 Å². The van der Waals surface area contributed by atoms with Crippen molar-refractivity contribution in [2.75, 3.05) is 13.1 Å². The Hall–Kier alpha value is -2.82. The number of imidazole rings is 1. The average Bonchev–Trinajstić information content (AvgIpc) is 3.39. The summed E-state index contributed by atoms with van der Waals surface area (Å²) in [4.78, 5) is 19.2. The van der Waals surface area contributed by atoms with Crippen LogP contribution in [0.15, 0.2) is 67.4 Å². The number of hydrogen-bond acceptors (Lipinski definition) is 2. The molecule has 0 aliphatic carbocycles. The van der Waals surface area contributed by atoms with Crippen LogP contribution in [0, 0.1) is 0 Å². The zero-order chi connectivity index (χ0) is 17.8. The van der Waals surface area contributed by atoms with Gasteiger partial charge < -0.3 is 14.0 Å². The fourth-order valence-electron chi connectivity index (χ4n) is 3.73. The Bertz CT molecular complexity index is 838. The zero-order valence-corrected chi connectivity index (χ0v) is 14.9. The third-order valence-corrected chi connectivity index (χ3v) is 5.16. The lowest BCUT2D eigenvalue weighted by molar-refractivity contribution is 0.0668. The molecule has 0 N–H and O–H groups in total. The van der Waals surface area contributed by atoms with E-state index in [1.165, 1.54) is 5.56 Å². The van der Waals surface area contributed by atoms with E-state index in [1.54, 1.807) is 6.20 Å². The molecule has 5 nitrogen and oxygen atoms in total. The maximum Gasteiger partial charge on any atom is 0.270 e. The summed E-state index contributed by atoms with van der Waals surface area (Å²) in [7, 11) is 0. The van der Waals surface area contributed by atoms with Crippen molar-refractivity contribution >= 4 is 5.91 Å². The van der Waals surface area contributed by atoms with Crippen LogP contribution in [0.5, 0.6) is 0 Å². The molecule has 1 aromatic carbocycles. The van der Waals surface area contributed by atoms with Gasteiger partial charge in [-0.05, 0) is 37.0 Å². The largest absolute Gasteiger partial charge is 0.343 e. The fraction of sp³-hybridized carbons (Fsp3) is 0.333. The molecule has 1 atom stereocenters. The topological polar surface area (TPSA) is 43.1 Å². The quantitative estimate of drug-likeness (QED) is 0.709. The molecule has 0 unspecified atom stereocenters. The van der Waals surface area contributed by atoms with E-state index in [9.17, 15) is 4.79 Å². The number of aromatic nitrogens is 3. The van der Waals surface area contributed by atoms with Crippen molar-refractivity contribution in [3.8, 4) is 0 Å². The normalized spacial score (nSPS) is 17.4. The average molecular weight is 348 g/mol. The van der Waals surface area contributed by atoms with Gasteiger partial charge in [0.05, 0.1) is 12.4 Å². The highest BCUT2D eigenvalue weighted by Crippen LogP contribution is 2.23. The van der Waals surface area contributed by atoms with Gasteiger partial charge in [-0.3, -0.25) is 4.79 Å². The van der Waals surface area contributed by atoms with Crippen molar-refractivity contribution in [3.63, 3.8) is 0 Å². The summed E-state index contributed by atoms with van der Waals surface area (Å²) >= 11 is 0. The van der Waals surface area contributed by atoms with Gasteiger partial charge in [-0.25, -0.2) is 4.98 Å². The first kappa shape index (κ1) is 16.6. The third kappa shape index (κ3) is 3.57. The van der Waals surface area contributed by atoms with Gasteiger partial charge in [0.25, 0.3) is 5.91 Å². The first-order chi connectivity index (χ1) is 12.8. The number of rotatable bonds is 5. The number of piperidine rings is 1. The SMILES string of the molecule is O=C(c1cccn1CCc1ccccc1)N1CCC[C@@H](n2ccnc2)C1. The summed E-state index contributed by atoms with van der Waals surface area (Å²) < 4.78 is 4.20. The molecule has 0 bridgehead atoms. The molecule has 0 spiro atoms. The lowest BCUT2D eigenvalue weighted by Crippen LogP contribution is -2.41. The third-order valence-electron chi connectivity index (χ3n) is 5.16. The van der Waals surface area contributed by atoms with Crippen LogP contribution in [0.25, 0.3) is 0 Å². The highest BCUT2D eigenvalue weighted by atomic mass is 16.2. The summed E-state index contributed by atoms with van der Waals surface area (Å²) in [5.41, 5.74) is 2.07. The highest BCUT2D eigenvalue weighted by Gasteiger charge is 2.26. The molecule has 1 aliphatic rings. The molecule has 26 heavy (non-hydrogen) atoms. The molecule has 134 valence electrons. The van der Waals surface area contributed by atoms with Crippen molar-refractivity contribution in [1.82, 2.24) is 19.0 Å². The molecule has 1 saturated heterocycles. The molecule has 5 heteroatoms. The first-order valence-electron chi connectivity index (χ1n) is 9.27. The van der Waals surface area contributed by atoms with E-state index in [-0.39, 0.29) is 5.91 Å². The molecule has 2 aromatic heterocycles. The molecule has 3 aromatic rings. The zero-order valence-electron chi connectivity index (χ0n) is 14.9. The van der Waals surface area contributed by atoms with E-state index < -0.39 is 0 Å². The van der Waals surface area contributed by atoms with E-state index in [2.05, 4.69) is 38.4 Å². The van der Waals surface area contributed by atoms with Gasteiger partial charge in [-0.2, -0.15) is 0 Å². The van der Waals surface area contributed by atoms with Crippen LogP contribution < -0.4 is 0 Å². The number of carbonyl (C=O) groups is 1. The Labute approximate surface area is 153 Å². The van der Waals surface area contributed by atoms with Crippen LogP contribution in [0.4, 0.5) is 0 Å². The Kier molecular flexibility index (Phi) is 4.86. The number of nitrogens with zero attached hydrogens (tertiary/aromatic N) is 4. The summed E-state index contributed by atoms with van der Waals surface area (Å²) in [6, 6.07) is 14.6. The Morgan fingerprint density at radius 1 is 1.12 bits per heavy atom. The fourth-order valence-corrected chi connectivity index (χ4v) is 3.73. The minimum Gasteiger partial charge on any atom is -0.343 e. The predicted octanol–water partition coefficient (Wildman–Crippen LogP) is 3.40. The van der Waals surface area contributed by atoms with Gasteiger partial charge in [-0.15, -0.1) is 0 Å². The maximum atomic E-state index is 13.1. The van der Waals surface area contributed by atoms with Crippen molar-refractivity contribution < 1.29 is 4.79 Å². The van der Waals surface area contributed by atoms with E-state index in [4.69, 9.17) is 0 Å². The molecule has 1 aliphatic heterocycles. The van der Waals surface area contributed by atoms with Crippen LogP contribution >= 0.6 is 0 Å². The van der Waals surface area contributed by atoms with Crippen LogP contribution in [0.3, 0.4) is 0 Å². The molecular formula is C21H24N4O. The van der Waals surface area contributed by atoms with E-state index >= 15 is 0 Å². The summed E-state index contributed by atoms with van der Waals surface area (Å²) in [5.74, 6) is 0.132. The van der Waals surface area contributed by atoms with Crippen molar-refractivity contribution in [1.29, 1.82) is 0 Å². The predicted molar refractivity (Wildman–Crippen MR) is 101 cm³/mol. The number of likely N-dealkylation sites (tertiary alicyclic amines) is 1. The van der Waals surface area contributed by atoms with E-state index in [0.29, 0.717) is 6.04 Å². The van der Waals surface area contributed by atoms with Crippen molar-refractivity contribution in [2.45, 2.75) is 31.8 Å². The standard InChI is InChI=1S/C21H24N4O/c26-21(24-13-4-8-19(16-24)25-15-11-22-17-25)20-9-5-12-23(20)14-10-18-6-2-1-3-7-18/h1-3,5-7,9,11-12,15,17,19H,4,8,10,13-14,16H2/t19-/m1/s1. The van der Waals surface area contributed by atoms with E-state index in [0.717, 1.165) is 44.6 Å². The van der Waals surface area contributed by atoms with Gasteiger partial charge in [0.2, 0.25) is 0 Å². The maximum absolute atomic E-state index is 13.1. The smallest absolute Gasteiger partial charge is 0.270 e. The number of amides is 1. The Morgan fingerprint density at radius 3 is 2.81 bits per heavy atom. The summed E-state index contributed by atoms with van der Waals surface area (Å²) in [6.45, 7) is 2.39. The monoisotopic (exact) mass is 348 g/mol. The number of hydrogen-bond donors (Lipinski definition) is 0. The molecule has 0 radical (unpaired) electrons. The van der Waals surface area contributed by atoms with Gasteiger partial charge in [0.1, 0.15) is 5.69 Å². The summed E-state index contributed by atoms with van der Waals surface area (Å²) in [5, 5.41) is 0. The first-order valence-corrected chi connectivity index (χ1v) is 9.27. The lowest BCUT2D eigenvalue weighted by Gasteiger charge is -2.33. The number of aryl methyl sites for hydroxylation is 2. The number of benzene rings is 1. The summed E-state index contributed by atoms with van der Waals surface area (Å²) in [6.07, 6.45) is 10.7. The van der Waals surface area contributed by atoms with E-state index in [1.807, 2.05) is 41.8 Å². The Balaban J connectivity index is 1.44. The molecule has 1 fully saturated rings.